The summed E-state index contributed by atoms with van der Waals surface area (Å²) in [5, 5.41) is 3.45. The number of rotatable bonds is 6. The summed E-state index contributed by atoms with van der Waals surface area (Å²) in [4.78, 5) is 4.45. The molecule has 1 aliphatic heterocycles. The van der Waals surface area contributed by atoms with Crippen molar-refractivity contribution in [1.29, 1.82) is 0 Å². The van der Waals surface area contributed by atoms with E-state index in [1.165, 1.54) is 5.56 Å². The maximum atomic E-state index is 5.70. The summed E-state index contributed by atoms with van der Waals surface area (Å²) in [5.41, 5.74) is 2.32. The molecule has 0 aliphatic carbocycles. The first-order valence-electron chi connectivity index (χ1n) is 7.37. The van der Waals surface area contributed by atoms with Gasteiger partial charge < -0.3 is 14.8 Å². The van der Waals surface area contributed by atoms with Crippen LogP contribution >= 0.6 is 0 Å². The van der Waals surface area contributed by atoms with E-state index in [-0.39, 0.29) is 5.54 Å². The molecule has 0 aromatic carbocycles. The highest BCUT2D eigenvalue weighted by Crippen LogP contribution is 2.13. The third-order valence-electron chi connectivity index (χ3n) is 3.34. The Morgan fingerprint density at radius 1 is 1.40 bits per heavy atom. The Bertz CT molecular complexity index is 392. The largest absolute Gasteiger partial charge is 0.381 e. The Kier molecular flexibility index (Phi) is 5.52. The Morgan fingerprint density at radius 3 is 2.85 bits per heavy atom. The summed E-state index contributed by atoms with van der Waals surface area (Å²) in [6, 6.07) is 4.16. The molecule has 0 amide bonds. The molecule has 2 rings (SSSR count). The predicted molar refractivity (Wildman–Crippen MR) is 79.4 cm³/mol. The van der Waals surface area contributed by atoms with Gasteiger partial charge in [-0.05, 0) is 38.8 Å². The first-order chi connectivity index (χ1) is 9.53. The fourth-order valence-corrected chi connectivity index (χ4v) is 2.06. The number of hydrogen-bond acceptors (Lipinski definition) is 4. The van der Waals surface area contributed by atoms with Gasteiger partial charge in [-0.15, -0.1) is 0 Å². The van der Waals surface area contributed by atoms with Crippen molar-refractivity contribution in [3.63, 3.8) is 0 Å². The van der Waals surface area contributed by atoms with E-state index in [1.54, 1.807) is 0 Å². The first kappa shape index (κ1) is 15.4. The van der Waals surface area contributed by atoms with Gasteiger partial charge in [0.25, 0.3) is 0 Å². The highest BCUT2D eigenvalue weighted by atomic mass is 16.5. The molecule has 1 atom stereocenters. The minimum Gasteiger partial charge on any atom is -0.381 e. The minimum atomic E-state index is 0.130. The standard InChI is InChI=1S/C16H26N2O2/c1-16(2,3)18-9-13-4-5-15(17-8-13)12-20-11-14-6-7-19-10-14/h4-5,8,14,18H,6-7,9-12H2,1-3H3. The molecule has 1 aromatic heterocycles. The van der Waals surface area contributed by atoms with Gasteiger partial charge in [-0.1, -0.05) is 6.07 Å². The monoisotopic (exact) mass is 278 g/mol. The van der Waals surface area contributed by atoms with Gasteiger partial charge in [-0.2, -0.15) is 0 Å². The second-order valence-electron chi connectivity index (χ2n) is 6.51. The molecule has 1 unspecified atom stereocenters. The molecule has 1 N–H and O–H groups in total. The lowest BCUT2D eigenvalue weighted by atomic mass is 10.1. The van der Waals surface area contributed by atoms with Crippen molar-refractivity contribution >= 4 is 0 Å². The van der Waals surface area contributed by atoms with Crippen molar-refractivity contribution in [2.24, 2.45) is 5.92 Å². The average Bonchev–Trinajstić information content (AvgIpc) is 2.90. The number of nitrogens with zero attached hydrogens (tertiary/aromatic N) is 1. The van der Waals surface area contributed by atoms with Gasteiger partial charge in [-0.3, -0.25) is 4.98 Å². The molecule has 0 radical (unpaired) electrons. The Labute approximate surface area is 121 Å². The summed E-state index contributed by atoms with van der Waals surface area (Å²) >= 11 is 0. The van der Waals surface area contributed by atoms with Crippen LogP contribution in [0.15, 0.2) is 18.3 Å². The van der Waals surface area contributed by atoms with Crippen LogP contribution in [0.4, 0.5) is 0 Å². The summed E-state index contributed by atoms with van der Waals surface area (Å²) in [5.74, 6) is 0.560. The van der Waals surface area contributed by atoms with Gasteiger partial charge in [0.15, 0.2) is 0 Å². The van der Waals surface area contributed by atoms with Crippen LogP contribution in [0.1, 0.15) is 38.4 Å². The van der Waals surface area contributed by atoms with Crippen LogP contribution in [-0.4, -0.2) is 30.3 Å². The molecule has 4 heteroatoms. The molecule has 0 bridgehead atoms. The Hall–Kier alpha value is -0.970. The van der Waals surface area contributed by atoms with Crippen LogP contribution in [-0.2, 0) is 22.6 Å². The number of pyridine rings is 1. The molecule has 0 saturated carbocycles. The summed E-state index contributed by atoms with van der Waals surface area (Å²) in [6.45, 7) is 10.4. The van der Waals surface area contributed by atoms with Gasteiger partial charge >= 0.3 is 0 Å². The van der Waals surface area contributed by atoms with E-state index in [4.69, 9.17) is 9.47 Å². The van der Waals surface area contributed by atoms with Crippen molar-refractivity contribution in [2.45, 2.75) is 45.9 Å². The van der Waals surface area contributed by atoms with Gasteiger partial charge in [0.05, 0.1) is 25.5 Å². The van der Waals surface area contributed by atoms with Crippen LogP contribution in [0, 0.1) is 5.92 Å². The number of aromatic nitrogens is 1. The van der Waals surface area contributed by atoms with Crippen LogP contribution in [0.25, 0.3) is 0 Å². The highest BCUT2D eigenvalue weighted by molar-refractivity contribution is 5.13. The topological polar surface area (TPSA) is 43.4 Å². The first-order valence-corrected chi connectivity index (χ1v) is 7.37. The lowest BCUT2D eigenvalue weighted by molar-refractivity contribution is 0.0773. The van der Waals surface area contributed by atoms with E-state index < -0.39 is 0 Å². The van der Waals surface area contributed by atoms with Crippen LogP contribution in [0.2, 0.25) is 0 Å². The van der Waals surface area contributed by atoms with E-state index in [1.807, 2.05) is 12.3 Å². The minimum absolute atomic E-state index is 0.130. The second kappa shape index (κ2) is 7.16. The molecule has 1 saturated heterocycles. The van der Waals surface area contributed by atoms with Crippen molar-refractivity contribution in [1.82, 2.24) is 10.3 Å². The quantitative estimate of drug-likeness (QED) is 0.868. The lowest BCUT2D eigenvalue weighted by Gasteiger charge is -2.20. The van der Waals surface area contributed by atoms with E-state index in [2.05, 4.69) is 37.1 Å². The van der Waals surface area contributed by atoms with Crippen LogP contribution in [0.3, 0.4) is 0 Å². The van der Waals surface area contributed by atoms with Crippen LogP contribution < -0.4 is 5.32 Å². The van der Waals surface area contributed by atoms with Crippen molar-refractivity contribution in [2.75, 3.05) is 19.8 Å². The molecule has 1 aromatic rings. The maximum absolute atomic E-state index is 5.70. The maximum Gasteiger partial charge on any atom is 0.0887 e. The zero-order valence-corrected chi connectivity index (χ0v) is 12.8. The molecular formula is C16H26N2O2. The molecule has 20 heavy (non-hydrogen) atoms. The van der Waals surface area contributed by atoms with Crippen LogP contribution in [0.5, 0.6) is 0 Å². The predicted octanol–water partition coefficient (Wildman–Crippen LogP) is 2.52. The zero-order valence-electron chi connectivity index (χ0n) is 12.8. The van der Waals surface area contributed by atoms with Gasteiger partial charge in [0.2, 0.25) is 0 Å². The van der Waals surface area contributed by atoms with Crippen molar-refractivity contribution in [3.05, 3.63) is 29.6 Å². The summed E-state index contributed by atoms with van der Waals surface area (Å²) < 4.78 is 11.0. The molecule has 2 heterocycles. The number of ether oxygens (including phenoxy) is 2. The van der Waals surface area contributed by atoms with Gasteiger partial charge in [0.1, 0.15) is 0 Å². The van der Waals surface area contributed by atoms with Gasteiger partial charge in [0, 0.05) is 30.8 Å². The fourth-order valence-electron chi connectivity index (χ4n) is 2.06. The van der Waals surface area contributed by atoms with E-state index in [0.29, 0.717) is 12.5 Å². The van der Waals surface area contributed by atoms with Crippen molar-refractivity contribution in [3.8, 4) is 0 Å². The molecule has 1 aliphatic rings. The summed E-state index contributed by atoms with van der Waals surface area (Å²) in [6.07, 6.45) is 3.04. The van der Waals surface area contributed by atoms with Gasteiger partial charge in [-0.25, -0.2) is 0 Å². The molecule has 0 spiro atoms. The Balaban J connectivity index is 1.70. The Morgan fingerprint density at radius 2 is 2.25 bits per heavy atom. The van der Waals surface area contributed by atoms with E-state index in [9.17, 15) is 0 Å². The molecule has 112 valence electrons. The SMILES string of the molecule is CC(C)(C)NCc1ccc(COCC2CCOC2)nc1. The zero-order chi connectivity index (χ0) is 14.4. The number of nitrogens with one attached hydrogen (secondary N) is 1. The van der Waals surface area contributed by atoms with E-state index in [0.717, 1.165) is 38.5 Å². The number of hydrogen-bond donors (Lipinski definition) is 1. The third-order valence-corrected chi connectivity index (χ3v) is 3.34. The van der Waals surface area contributed by atoms with Crippen molar-refractivity contribution < 1.29 is 9.47 Å². The molecule has 4 nitrogen and oxygen atoms in total. The summed E-state index contributed by atoms with van der Waals surface area (Å²) in [7, 11) is 0. The lowest BCUT2D eigenvalue weighted by Crippen LogP contribution is -2.35. The average molecular weight is 278 g/mol. The van der Waals surface area contributed by atoms with E-state index >= 15 is 0 Å². The molecule has 1 fully saturated rings. The third kappa shape index (κ3) is 5.57. The molecular weight excluding hydrogens is 252 g/mol. The second-order valence-corrected chi connectivity index (χ2v) is 6.51. The fraction of sp³-hybridized carbons (Fsp3) is 0.688. The smallest absolute Gasteiger partial charge is 0.0887 e. The normalized spacial score (nSPS) is 19.4. The highest BCUT2D eigenvalue weighted by Gasteiger charge is 2.15.